The fourth-order valence-corrected chi connectivity index (χ4v) is 4.34. The molecular weight excluding hydrogens is 405 g/mol. The van der Waals surface area contributed by atoms with Crippen LogP contribution in [0.15, 0.2) is 24.3 Å². The molecule has 1 aromatic rings. The smallest absolute Gasteiger partial charge is 0.220 e. The zero-order valence-corrected chi connectivity index (χ0v) is 19.6. The first kappa shape index (κ1) is 26.2. The minimum Gasteiger partial charge on any atom is -0.352 e. The molecule has 2 atom stereocenters. The SMILES string of the molecule is CC1CCN(Cc2ccc(CNC(=O)CC(C)C3CCCNC3)cc2)CC1.Cl.Cl. The lowest BCUT2D eigenvalue weighted by atomic mass is 9.85. The molecule has 2 saturated heterocycles. The molecule has 0 spiro atoms. The highest BCUT2D eigenvalue weighted by Gasteiger charge is 2.22. The minimum absolute atomic E-state index is 0. The quantitative estimate of drug-likeness (QED) is 0.655. The number of piperidine rings is 2. The molecule has 2 N–H and O–H groups in total. The molecule has 0 saturated carbocycles. The van der Waals surface area contributed by atoms with E-state index in [9.17, 15) is 4.79 Å². The van der Waals surface area contributed by atoms with Gasteiger partial charge in [-0.3, -0.25) is 9.69 Å². The Morgan fingerprint density at radius 2 is 1.79 bits per heavy atom. The van der Waals surface area contributed by atoms with Gasteiger partial charge in [-0.1, -0.05) is 38.1 Å². The normalized spacial score (nSPS) is 21.5. The molecule has 2 fully saturated rings. The molecule has 4 nitrogen and oxygen atoms in total. The lowest BCUT2D eigenvalue weighted by molar-refractivity contribution is -0.122. The summed E-state index contributed by atoms with van der Waals surface area (Å²) >= 11 is 0. The van der Waals surface area contributed by atoms with Crippen molar-refractivity contribution in [1.29, 1.82) is 0 Å². The lowest BCUT2D eigenvalue weighted by Gasteiger charge is -2.30. The first-order valence-corrected chi connectivity index (χ1v) is 10.9. The highest BCUT2D eigenvalue weighted by atomic mass is 35.5. The minimum atomic E-state index is 0. The fourth-order valence-electron chi connectivity index (χ4n) is 4.34. The monoisotopic (exact) mass is 443 g/mol. The third kappa shape index (κ3) is 8.84. The Morgan fingerprint density at radius 3 is 2.41 bits per heavy atom. The molecule has 2 heterocycles. The van der Waals surface area contributed by atoms with Crippen LogP contribution < -0.4 is 10.6 Å². The first-order chi connectivity index (χ1) is 13.1. The Balaban J connectivity index is 0.00000210. The number of nitrogens with zero attached hydrogens (tertiary/aromatic N) is 1. The van der Waals surface area contributed by atoms with Gasteiger partial charge in [-0.2, -0.15) is 0 Å². The molecule has 0 bridgehead atoms. The molecule has 0 aromatic heterocycles. The number of benzene rings is 1. The van der Waals surface area contributed by atoms with Gasteiger partial charge in [-0.05, 0) is 80.7 Å². The molecule has 0 aliphatic carbocycles. The fraction of sp³-hybridized carbons (Fsp3) is 0.696. The van der Waals surface area contributed by atoms with Gasteiger partial charge in [0.15, 0.2) is 0 Å². The summed E-state index contributed by atoms with van der Waals surface area (Å²) < 4.78 is 0. The van der Waals surface area contributed by atoms with Gasteiger partial charge in [-0.25, -0.2) is 0 Å². The number of rotatable bonds is 7. The third-order valence-electron chi connectivity index (χ3n) is 6.44. The molecular formula is C23H39Cl2N3O. The molecule has 6 heteroatoms. The van der Waals surface area contributed by atoms with E-state index < -0.39 is 0 Å². The summed E-state index contributed by atoms with van der Waals surface area (Å²) in [6.07, 6.45) is 5.76. The van der Waals surface area contributed by atoms with Crippen LogP contribution in [0.2, 0.25) is 0 Å². The van der Waals surface area contributed by atoms with Crippen LogP contribution in [-0.4, -0.2) is 37.0 Å². The van der Waals surface area contributed by atoms with Gasteiger partial charge in [0.05, 0.1) is 0 Å². The van der Waals surface area contributed by atoms with Crippen LogP contribution in [-0.2, 0) is 17.9 Å². The van der Waals surface area contributed by atoms with Gasteiger partial charge in [0.2, 0.25) is 5.91 Å². The molecule has 3 rings (SSSR count). The second-order valence-corrected chi connectivity index (χ2v) is 8.84. The Hall–Kier alpha value is -0.810. The molecule has 2 unspecified atom stereocenters. The molecule has 2 aliphatic rings. The average molecular weight is 444 g/mol. The number of carbonyl (C=O) groups is 1. The van der Waals surface area contributed by atoms with Crippen molar-refractivity contribution in [2.45, 2.75) is 59.0 Å². The van der Waals surface area contributed by atoms with Gasteiger partial charge in [-0.15, -0.1) is 24.8 Å². The topological polar surface area (TPSA) is 44.4 Å². The summed E-state index contributed by atoms with van der Waals surface area (Å²) in [5.74, 6) is 2.15. The molecule has 29 heavy (non-hydrogen) atoms. The number of halogens is 2. The largest absolute Gasteiger partial charge is 0.352 e. The van der Waals surface area contributed by atoms with E-state index in [-0.39, 0.29) is 30.7 Å². The first-order valence-electron chi connectivity index (χ1n) is 10.9. The van der Waals surface area contributed by atoms with Crippen molar-refractivity contribution in [3.05, 3.63) is 35.4 Å². The maximum atomic E-state index is 12.3. The lowest BCUT2D eigenvalue weighted by Crippen LogP contribution is -2.35. The molecule has 0 radical (unpaired) electrons. The highest BCUT2D eigenvalue weighted by Crippen LogP contribution is 2.22. The van der Waals surface area contributed by atoms with Crippen molar-refractivity contribution in [2.24, 2.45) is 17.8 Å². The average Bonchev–Trinajstić information content (AvgIpc) is 2.70. The molecule has 2 aliphatic heterocycles. The van der Waals surface area contributed by atoms with E-state index in [1.165, 1.54) is 49.9 Å². The van der Waals surface area contributed by atoms with E-state index in [0.29, 0.717) is 24.8 Å². The van der Waals surface area contributed by atoms with E-state index in [1.54, 1.807) is 0 Å². The van der Waals surface area contributed by atoms with E-state index in [0.717, 1.165) is 25.6 Å². The second kappa shape index (κ2) is 13.5. The highest BCUT2D eigenvalue weighted by molar-refractivity contribution is 5.85. The standard InChI is InChI=1S/C23H37N3O.2ClH/c1-18-9-12-26(13-10-18)17-21-7-5-20(6-8-21)15-25-23(27)14-19(2)22-4-3-11-24-16-22;;/h5-8,18-19,22,24H,3-4,9-17H2,1-2H3,(H,25,27);2*1H. The Bertz CT molecular complexity index is 582. The number of likely N-dealkylation sites (tertiary alicyclic amines) is 1. The van der Waals surface area contributed by atoms with Crippen molar-refractivity contribution in [3.8, 4) is 0 Å². The van der Waals surface area contributed by atoms with E-state index in [4.69, 9.17) is 0 Å². The van der Waals surface area contributed by atoms with E-state index in [1.807, 2.05) is 0 Å². The molecule has 1 aromatic carbocycles. The van der Waals surface area contributed by atoms with Crippen molar-refractivity contribution in [2.75, 3.05) is 26.2 Å². The van der Waals surface area contributed by atoms with E-state index in [2.05, 4.69) is 53.6 Å². The van der Waals surface area contributed by atoms with E-state index >= 15 is 0 Å². The van der Waals surface area contributed by atoms with Crippen LogP contribution in [0.1, 0.15) is 57.1 Å². The predicted octanol–water partition coefficient (Wildman–Crippen LogP) is 4.40. The van der Waals surface area contributed by atoms with Gasteiger partial charge >= 0.3 is 0 Å². The van der Waals surface area contributed by atoms with Crippen LogP contribution in [0.25, 0.3) is 0 Å². The van der Waals surface area contributed by atoms with Crippen LogP contribution in [0.4, 0.5) is 0 Å². The molecule has 166 valence electrons. The Labute approximate surface area is 189 Å². The third-order valence-corrected chi connectivity index (χ3v) is 6.44. The number of hydrogen-bond acceptors (Lipinski definition) is 3. The van der Waals surface area contributed by atoms with Crippen molar-refractivity contribution in [1.82, 2.24) is 15.5 Å². The summed E-state index contributed by atoms with van der Waals surface area (Å²) in [6, 6.07) is 8.76. The summed E-state index contributed by atoms with van der Waals surface area (Å²) in [6.45, 7) is 10.9. The summed E-state index contributed by atoms with van der Waals surface area (Å²) in [7, 11) is 0. The number of carbonyl (C=O) groups excluding carboxylic acids is 1. The number of amides is 1. The number of nitrogens with one attached hydrogen (secondary N) is 2. The van der Waals surface area contributed by atoms with Crippen molar-refractivity contribution >= 4 is 30.7 Å². The summed E-state index contributed by atoms with van der Waals surface area (Å²) in [4.78, 5) is 14.8. The van der Waals surface area contributed by atoms with Crippen LogP contribution in [0.3, 0.4) is 0 Å². The summed E-state index contributed by atoms with van der Waals surface area (Å²) in [5.41, 5.74) is 2.56. The second-order valence-electron chi connectivity index (χ2n) is 8.84. The van der Waals surface area contributed by atoms with Gasteiger partial charge < -0.3 is 10.6 Å². The zero-order chi connectivity index (χ0) is 19.1. The summed E-state index contributed by atoms with van der Waals surface area (Å²) in [5, 5.41) is 6.55. The number of hydrogen-bond donors (Lipinski definition) is 2. The van der Waals surface area contributed by atoms with Crippen molar-refractivity contribution < 1.29 is 4.79 Å². The van der Waals surface area contributed by atoms with Gasteiger partial charge in [0, 0.05) is 19.5 Å². The Morgan fingerprint density at radius 1 is 1.14 bits per heavy atom. The maximum Gasteiger partial charge on any atom is 0.220 e. The Kier molecular flexibility index (Phi) is 12.2. The zero-order valence-electron chi connectivity index (χ0n) is 18.0. The molecule has 1 amide bonds. The van der Waals surface area contributed by atoms with Crippen LogP contribution >= 0.6 is 24.8 Å². The maximum absolute atomic E-state index is 12.3. The predicted molar refractivity (Wildman–Crippen MR) is 126 cm³/mol. The van der Waals surface area contributed by atoms with Crippen LogP contribution in [0, 0.1) is 17.8 Å². The van der Waals surface area contributed by atoms with Crippen molar-refractivity contribution in [3.63, 3.8) is 0 Å². The van der Waals surface area contributed by atoms with Gasteiger partial charge in [0.1, 0.15) is 0 Å². The van der Waals surface area contributed by atoms with Crippen LogP contribution in [0.5, 0.6) is 0 Å². The van der Waals surface area contributed by atoms with Gasteiger partial charge in [0.25, 0.3) is 0 Å².